The maximum Gasteiger partial charge on any atom is 0.390 e. The minimum atomic E-state index is -1.75. The number of para-hydroxylation sites is 2. The van der Waals surface area contributed by atoms with Gasteiger partial charge in [0, 0.05) is 6.42 Å². The lowest BCUT2D eigenvalue weighted by atomic mass is 10.0. The van der Waals surface area contributed by atoms with E-state index in [2.05, 4.69) is 19.1 Å². The first-order valence-corrected chi connectivity index (χ1v) is 13.0. The number of carboxylic acid groups (broad SMARTS) is 1. The Hall–Kier alpha value is -2.27. The second-order valence-electron chi connectivity index (χ2n) is 8.87. The number of carbonyl (C=O) groups is 1. The number of hydrogen-bond donors (Lipinski definition) is 1. The molecule has 0 saturated heterocycles. The quantitative estimate of drug-likeness (QED) is 0.108. The summed E-state index contributed by atoms with van der Waals surface area (Å²) in [6.45, 7) is 2.25. The standard InChI is InChI=1S/C30H42O4.BrH/c1-2-3-4-5-6-7-8-9-10-11-12-13-14-21-26-30(29(31)32,33-27-22-17-15-18-23-27)34-28-24-19-16-20-25-28;/h9-10,15-20,22-25H,2-8,11-14,21,26H2,1H3,(H,31,32);1H. The van der Waals surface area contributed by atoms with Gasteiger partial charge in [-0.2, -0.15) is 0 Å². The predicted molar refractivity (Wildman–Crippen MR) is 150 cm³/mol. The molecule has 35 heavy (non-hydrogen) atoms. The van der Waals surface area contributed by atoms with E-state index < -0.39 is 11.8 Å². The van der Waals surface area contributed by atoms with E-state index in [9.17, 15) is 9.90 Å². The van der Waals surface area contributed by atoms with Crippen LogP contribution >= 0.6 is 17.0 Å². The zero-order chi connectivity index (χ0) is 24.3. The van der Waals surface area contributed by atoms with Crippen LogP contribution in [0.3, 0.4) is 0 Å². The second kappa shape index (κ2) is 19.0. The highest BCUT2D eigenvalue weighted by molar-refractivity contribution is 8.93. The number of allylic oxidation sites excluding steroid dienone is 2. The van der Waals surface area contributed by atoms with E-state index in [0.717, 1.165) is 25.7 Å². The number of hydrogen-bond acceptors (Lipinski definition) is 3. The Morgan fingerprint density at radius 1 is 0.714 bits per heavy atom. The van der Waals surface area contributed by atoms with E-state index in [1.165, 1.54) is 44.9 Å². The van der Waals surface area contributed by atoms with Crippen molar-refractivity contribution in [2.75, 3.05) is 0 Å². The summed E-state index contributed by atoms with van der Waals surface area (Å²) in [5, 5.41) is 10.1. The third-order valence-electron chi connectivity index (χ3n) is 5.90. The summed E-state index contributed by atoms with van der Waals surface area (Å²) >= 11 is 0. The lowest BCUT2D eigenvalue weighted by Gasteiger charge is -2.31. The summed E-state index contributed by atoms with van der Waals surface area (Å²) in [5.74, 6) is -1.90. The van der Waals surface area contributed by atoms with Gasteiger partial charge in [-0.25, -0.2) is 4.79 Å². The van der Waals surface area contributed by atoms with E-state index in [1.54, 1.807) is 24.3 Å². The fraction of sp³-hybridized carbons (Fsp3) is 0.500. The Bertz CT molecular complexity index is 766. The molecule has 0 saturated carbocycles. The fourth-order valence-corrected chi connectivity index (χ4v) is 3.93. The molecule has 0 aliphatic heterocycles. The van der Waals surface area contributed by atoms with Crippen LogP contribution in [0.1, 0.15) is 90.4 Å². The minimum Gasteiger partial charge on any atom is -0.475 e. The van der Waals surface area contributed by atoms with Crippen LogP contribution in [0.2, 0.25) is 0 Å². The molecule has 194 valence electrons. The van der Waals surface area contributed by atoms with Crippen LogP contribution in [0.5, 0.6) is 11.5 Å². The monoisotopic (exact) mass is 546 g/mol. The van der Waals surface area contributed by atoms with Gasteiger partial charge in [0.15, 0.2) is 0 Å². The van der Waals surface area contributed by atoms with Crippen LogP contribution < -0.4 is 9.47 Å². The van der Waals surface area contributed by atoms with Crippen molar-refractivity contribution >= 4 is 23.0 Å². The summed E-state index contributed by atoms with van der Waals surface area (Å²) in [6.07, 6.45) is 19.0. The van der Waals surface area contributed by atoms with Crippen LogP contribution in [0.15, 0.2) is 72.8 Å². The van der Waals surface area contributed by atoms with Gasteiger partial charge >= 0.3 is 11.8 Å². The first kappa shape index (κ1) is 30.8. The van der Waals surface area contributed by atoms with Gasteiger partial charge in [-0.05, 0) is 56.4 Å². The Labute approximate surface area is 222 Å². The zero-order valence-corrected chi connectivity index (χ0v) is 22.9. The van der Waals surface area contributed by atoms with Crippen molar-refractivity contribution in [1.29, 1.82) is 0 Å². The zero-order valence-electron chi connectivity index (χ0n) is 21.2. The van der Waals surface area contributed by atoms with Gasteiger partial charge in [0.05, 0.1) is 0 Å². The molecule has 0 radical (unpaired) electrons. The molecule has 0 spiro atoms. The first-order valence-electron chi connectivity index (χ1n) is 13.0. The van der Waals surface area contributed by atoms with Gasteiger partial charge in [0.2, 0.25) is 0 Å². The van der Waals surface area contributed by atoms with Gasteiger partial charge in [-0.15, -0.1) is 17.0 Å². The van der Waals surface area contributed by atoms with Crippen molar-refractivity contribution < 1.29 is 19.4 Å². The summed E-state index contributed by atoms with van der Waals surface area (Å²) in [6, 6.07) is 18.1. The third kappa shape index (κ3) is 12.8. The van der Waals surface area contributed by atoms with E-state index >= 15 is 0 Å². The molecule has 2 rings (SSSR count). The molecule has 5 heteroatoms. The number of carboxylic acids is 1. The lowest BCUT2D eigenvalue weighted by molar-refractivity contribution is -0.187. The smallest absolute Gasteiger partial charge is 0.390 e. The van der Waals surface area contributed by atoms with Crippen LogP contribution in [-0.2, 0) is 4.79 Å². The molecule has 0 bridgehead atoms. The molecule has 0 amide bonds. The molecule has 0 aliphatic carbocycles. The van der Waals surface area contributed by atoms with Crippen molar-refractivity contribution in [3.05, 3.63) is 72.8 Å². The summed E-state index contributed by atoms with van der Waals surface area (Å²) in [4.78, 5) is 12.3. The van der Waals surface area contributed by atoms with Gasteiger partial charge in [-0.3, -0.25) is 0 Å². The van der Waals surface area contributed by atoms with E-state index in [4.69, 9.17) is 9.47 Å². The highest BCUT2D eigenvalue weighted by Gasteiger charge is 2.43. The summed E-state index contributed by atoms with van der Waals surface area (Å²) in [7, 11) is 0. The van der Waals surface area contributed by atoms with E-state index in [-0.39, 0.29) is 23.4 Å². The maximum atomic E-state index is 12.3. The number of benzene rings is 2. The van der Waals surface area contributed by atoms with Gasteiger partial charge < -0.3 is 14.6 Å². The molecule has 0 aliphatic rings. The highest BCUT2D eigenvalue weighted by atomic mass is 79.9. The molecule has 2 aromatic carbocycles. The van der Waals surface area contributed by atoms with Crippen LogP contribution in [0.4, 0.5) is 0 Å². The second-order valence-corrected chi connectivity index (χ2v) is 8.87. The Morgan fingerprint density at radius 3 is 1.60 bits per heavy atom. The molecular formula is C30H43BrO4. The maximum absolute atomic E-state index is 12.3. The van der Waals surface area contributed by atoms with Crippen LogP contribution in [0.25, 0.3) is 0 Å². The Balaban J connectivity index is 0.00000612. The SMILES string of the molecule is Br.CCCCCCCCC=CCCCCCCC(Oc1ccccc1)(Oc1ccccc1)C(=O)O. The average Bonchev–Trinajstić information content (AvgIpc) is 2.85. The lowest BCUT2D eigenvalue weighted by Crippen LogP contribution is -2.50. The number of aliphatic carboxylic acids is 1. The summed E-state index contributed by atoms with van der Waals surface area (Å²) < 4.78 is 11.9. The summed E-state index contributed by atoms with van der Waals surface area (Å²) in [5.41, 5.74) is 0. The van der Waals surface area contributed by atoms with Gasteiger partial charge in [-0.1, -0.05) is 100 Å². The van der Waals surface area contributed by atoms with Crippen molar-refractivity contribution in [2.45, 2.75) is 96.2 Å². The van der Waals surface area contributed by atoms with Crippen molar-refractivity contribution in [3.8, 4) is 11.5 Å². The van der Waals surface area contributed by atoms with Crippen molar-refractivity contribution in [1.82, 2.24) is 0 Å². The normalized spacial score (nSPS) is 11.2. The number of ether oxygens (including phenoxy) is 2. The van der Waals surface area contributed by atoms with Crippen molar-refractivity contribution in [2.24, 2.45) is 0 Å². The van der Waals surface area contributed by atoms with Gasteiger partial charge in [0.1, 0.15) is 11.5 Å². The molecule has 0 aromatic heterocycles. The molecule has 0 atom stereocenters. The average molecular weight is 548 g/mol. The van der Waals surface area contributed by atoms with E-state index in [0.29, 0.717) is 17.9 Å². The molecule has 2 aromatic rings. The highest BCUT2D eigenvalue weighted by Crippen LogP contribution is 2.28. The molecular weight excluding hydrogens is 504 g/mol. The van der Waals surface area contributed by atoms with Gasteiger partial charge in [0.25, 0.3) is 0 Å². The number of unbranched alkanes of at least 4 members (excludes halogenated alkanes) is 10. The Morgan fingerprint density at radius 2 is 1.14 bits per heavy atom. The van der Waals surface area contributed by atoms with E-state index in [1.807, 2.05) is 36.4 Å². The van der Waals surface area contributed by atoms with Crippen molar-refractivity contribution in [3.63, 3.8) is 0 Å². The molecule has 0 unspecified atom stereocenters. The largest absolute Gasteiger partial charge is 0.475 e. The molecule has 0 heterocycles. The molecule has 1 N–H and O–H groups in total. The molecule has 0 fully saturated rings. The number of halogens is 1. The predicted octanol–water partition coefficient (Wildman–Crippen LogP) is 9.15. The fourth-order valence-electron chi connectivity index (χ4n) is 3.93. The minimum absolute atomic E-state index is 0. The Kier molecular flexibility index (Phi) is 16.7. The first-order chi connectivity index (χ1) is 16.7. The third-order valence-corrected chi connectivity index (χ3v) is 5.90. The molecule has 4 nitrogen and oxygen atoms in total. The van der Waals surface area contributed by atoms with Crippen LogP contribution in [0, 0.1) is 0 Å². The number of rotatable bonds is 19. The topological polar surface area (TPSA) is 55.8 Å². The van der Waals surface area contributed by atoms with Crippen LogP contribution in [-0.4, -0.2) is 16.9 Å².